The van der Waals surface area contributed by atoms with Crippen LogP contribution in [0.3, 0.4) is 0 Å². The zero-order valence-corrected chi connectivity index (χ0v) is 14.5. The molecule has 2 unspecified atom stereocenters. The van der Waals surface area contributed by atoms with Crippen molar-refractivity contribution in [3.8, 4) is 5.75 Å². The lowest BCUT2D eigenvalue weighted by atomic mass is 9.97. The molecule has 1 amide bonds. The molecule has 1 aliphatic heterocycles. The van der Waals surface area contributed by atoms with Gasteiger partial charge in [-0.2, -0.15) is 0 Å². The predicted molar refractivity (Wildman–Crippen MR) is 86.2 cm³/mol. The van der Waals surface area contributed by atoms with Crippen molar-refractivity contribution >= 4 is 27.3 Å². The molecule has 0 radical (unpaired) electrons. The minimum Gasteiger partial charge on any atom is -0.480 e. The van der Waals surface area contributed by atoms with E-state index < -0.39 is 22.0 Å². The van der Waals surface area contributed by atoms with Crippen molar-refractivity contribution < 1.29 is 17.9 Å². The molecule has 1 aromatic heterocycles. The van der Waals surface area contributed by atoms with Gasteiger partial charge in [-0.05, 0) is 19.9 Å². The molecule has 6 nitrogen and oxygen atoms in total. The van der Waals surface area contributed by atoms with E-state index >= 15 is 0 Å². The lowest BCUT2D eigenvalue weighted by Crippen LogP contribution is -2.41. The molecule has 0 fully saturated rings. The topological polar surface area (TPSA) is 85.4 Å². The van der Waals surface area contributed by atoms with Crippen LogP contribution in [0.5, 0.6) is 5.75 Å². The van der Waals surface area contributed by atoms with E-state index in [-0.39, 0.29) is 10.1 Å². The average Bonchev–Trinajstić information content (AvgIpc) is 2.99. The Morgan fingerprint density at radius 2 is 2.00 bits per heavy atom. The first kappa shape index (κ1) is 15.9. The second-order valence-electron chi connectivity index (χ2n) is 5.44. The van der Waals surface area contributed by atoms with Crippen LogP contribution in [-0.2, 0) is 14.8 Å². The maximum atomic E-state index is 12.4. The number of nitrogens with zero attached hydrogens (tertiary/aromatic N) is 1. The molecular formula is C15H16N2O4S2. The zero-order valence-electron chi connectivity index (χ0n) is 12.9. The van der Waals surface area contributed by atoms with Crippen LogP contribution in [0.2, 0.25) is 0 Å². The Hall–Kier alpha value is -1.93. The molecule has 122 valence electrons. The summed E-state index contributed by atoms with van der Waals surface area (Å²) in [7, 11) is -3.94. The Balaban J connectivity index is 1.82. The second-order valence-corrected chi connectivity index (χ2v) is 8.52. The minimum absolute atomic E-state index is 0.0616. The Labute approximate surface area is 138 Å². The van der Waals surface area contributed by atoms with Gasteiger partial charge in [-0.3, -0.25) is 4.79 Å². The fraction of sp³-hybridized carbons (Fsp3) is 0.333. The lowest BCUT2D eigenvalue weighted by Gasteiger charge is -2.15. The van der Waals surface area contributed by atoms with Crippen molar-refractivity contribution in [3.63, 3.8) is 0 Å². The molecule has 0 bridgehead atoms. The highest BCUT2D eigenvalue weighted by Crippen LogP contribution is 2.37. The van der Waals surface area contributed by atoms with Crippen LogP contribution in [0.25, 0.3) is 0 Å². The van der Waals surface area contributed by atoms with Gasteiger partial charge < -0.3 is 4.74 Å². The maximum Gasteiger partial charge on any atom is 0.275 e. The summed E-state index contributed by atoms with van der Waals surface area (Å²) in [5.41, 5.74) is 1.28. The fourth-order valence-corrected chi connectivity index (χ4v) is 5.12. The number of fused-ring (bicyclic) bond motifs is 1. The number of ether oxygens (including phenoxy) is 1. The van der Waals surface area contributed by atoms with Crippen LogP contribution in [-0.4, -0.2) is 25.4 Å². The summed E-state index contributed by atoms with van der Waals surface area (Å²) in [6, 6.07) is 7.31. The molecule has 0 saturated heterocycles. The highest BCUT2D eigenvalue weighted by atomic mass is 32.2. The summed E-state index contributed by atoms with van der Waals surface area (Å²) < 4.78 is 32.6. The van der Waals surface area contributed by atoms with Crippen LogP contribution >= 0.6 is 11.3 Å². The summed E-state index contributed by atoms with van der Waals surface area (Å²) in [6.07, 6.45) is -0.864. The molecule has 1 aliphatic rings. The third-order valence-electron chi connectivity index (χ3n) is 3.72. The van der Waals surface area contributed by atoms with E-state index in [4.69, 9.17) is 4.74 Å². The number of amides is 1. The predicted octanol–water partition coefficient (Wildman–Crippen LogP) is 2.13. The maximum absolute atomic E-state index is 12.4. The first-order valence-electron chi connectivity index (χ1n) is 7.06. The molecule has 3 rings (SSSR count). The Bertz CT molecular complexity index is 873. The van der Waals surface area contributed by atoms with Crippen LogP contribution in [0.4, 0.5) is 0 Å². The van der Waals surface area contributed by atoms with Gasteiger partial charge in [-0.15, -0.1) is 11.3 Å². The summed E-state index contributed by atoms with van der Waals surface area (Å²) in [4.78, 5) is 16.5. The van der Waals surface area contributed by atoms with Crippen molar-refractivity contribution in [2.45, 2.75) is 37.0 Å². The fourth-order valence-electron chi connectivity index (χ4n) is 2.65. The lowest BCUT2D eigenvalue weighted by molar-refractivity contribution is -0.126. The van der Waals surface area contributed by atoms with Crippen molar-refractivity contribution in [2.24, 2.45) is 0 Å². The Morgan fingerprint density at radius 3 is 2.61 bits per heavy atom. The van der Waals surface area contributed by atoms with Gasteiger partial charge in [0.05, 0.1) is 10.7 Å². The molecule has 23 heavy (non-hydrogen) atoms. The van der Waals surface area contributed by atoms with Gasteiger partial charge >= 0.3 is 0 Å². The van der Waals surface area contributed by atoms with Gasteiger partial charge in [-0.25, -0.2) is 18.1 Å². The number of nitrogens with one attached hydrogen (secondary N) is 1. The number of hydrogen-bond acceptors (Lipinski definition) is 6. The number of aryl methyl sites for hydroxylation is 2. The van der Waals surface area contributed by atoms with Crippen molar-refractivity contribution in [2.75, 3.05) is 0 Å². The van der Waals surface area contributed by atoms with Crippen LogP contribution in [0.15, 0.2) is 28.5 Å². The third kappa shape index (κ3) is 2.84. The number of carbonyl (C=O) groups excluding carboxylic acids is 1. The van der Waals surface area contributed by atoms with Gasteiger partial charge in [0, 0.05) is 11.5 Å². The molecule has 2 atom stereocenters. The standard InChI is InChI=1S/C15H16N2O4S2/c1-8-11-6-4-5-7-12(11)21-13(8)14(18)17-23(19,20)15-9(2)16-10(3)22-15/h4-8,13H,1-3H3,(H,17,18). The smallest absolute Gasteiger partial charge is 0.275 e. The van der Waals surface area contributed by atoms with E-state index in [0.717, 1.165) is 16.9 Å². The monoisotopic (exact) mass is 352 g/mol. The average molecular weight is 352 g/mol. The largest absolute Gasteiger partial charge is 0.480 e. The Kier molecular flexibility index (Phi) is 3.89. The van der Waals surface area contributed by atoms with Gasteiger partial charge in [0.2, 0.25) is 0 Å². The first-order valence-corrected chi connectivity index (χ1v) is 9.36. The number of carbonyl (C=O) groups is 1. The number of thiazole rings is 1. The normalized spacial score (nSPS) is 20.0. The van der Waals surface area contributed by atoms with Gasteiger partial charge in [0.1, 0.15) is 5.75 Å². The van der Waals surface area contributed by atoms with Crippen LogP contribution in [0.1, 0.15) is 29.1 Å². The van der Waals surface area contributed by atoms with E-state index in [1.54, 1.807) is 19.9 Å². The third-order valence-corrected chi connectivity index (χ3v) is 6.75. The SMILES string of the molecule is Cc1nc(C)c(S(=O)(=O)NC(=O)C2Oc3ccccc3C2C)s1. The van der Waals surface area contributed by atoms with Crippen molar-refractivity contribution in [3.05, 3.63) is 40.5 Å². The van der Waals surface area contributed by atoms with Crippen LogP contribution in [0, 0.1) is 13.8 Å². The molecule has 1 N–H and O–H groups in total. The molecule has 0 spiro atoms. The summed E-state index contributed by atoms with van der Waals surface area (Å²) in [5.74, 6) is -0.271. The van der Waals surface area contributed by atoms with Crippen LogP contribution < -0.4 is 9.46 Å². The number of aromatic nitrogens is 1. The Morgan fingerprint density at radius 1 is 1.30 bits per heavy atom. The number of rotatable bonds is 3. The number of para-hydroxylation sites is 1. The highest BCUT2D eigenvalue weighted by Gasteiger charge is 2.38. The molecule has 0 saturated carbocycles. The summed E-state index contributed by atoms with van der Waals surface area (Å²) >= 11 is 1.04. The molecule has 0 aliphatic carbocycles. The van der Waals surface area contributed by atoms with Gasteiger partial charge in [-0.1, -0.05) is 25.1 Å². The number of hydrogen-bond donors (Lipinski definition) is 1. The van der Waals surface area contributed by atoms with E-state index in [1.807, 2.05) is 25.1 Å². The summed E-state index contributed by atoms with van der Waals surface area (Å²) in [6.45, 7) is 5.16. The molecule has 1 aromatic carbocycles. The first-order chi connectivity index (χ1) is 10.8. The second kappa shape index (κ2) is 5.61. The van der Waals surface area contributed by atoms with E-state index in [9.17, 15) is 13.2 Å². The molecule has 2 heterocycles. The van der Waals surface area contributed by atoms with Gasteiger partial charge in [0.15, 0.2) is 10.3 Å². The van der Waals surface area contributed by atoms with Gasteiger partial charge in [0.25, 0.3) is 15.9 Å². The number of benzene rings is 1. The zero-order chi connectivity index (χ0) is 16.8. The number of sulfonamides is 1. The molecule has 8 heteroatoms. The molecule has 2 aromatic rings. The molecular weight excluding hydrogens is 336 g/mol. The van der Waals surface area contributed by atoms with E-state index in [2.05, 4.69) is 9.71 Å². The van der Waals surface area contributed by atoms with E-state index in [1.165, 1.54) is 0 Å². The highest BCUT2D eigenvalue weighted by molar-refractivity contribution is 7.92. The van der Waals surface area contributed by atoms with Crippen molar-refractivity contribution in [1.82, 2.24) is 9.71 Å². The van der Waals surface area contributed by atoms with Crippen molar-refractivity contribution in [1.29, 1.82) is 0 Å². The quantitative estimate of drug-likeness (QED) is 0.915. The minimum atomic E-state index is -3.94. The summed E-state index contributed by atoms with van der Waals surface area (Å²) in [5, 5.41) is 0.633. The van der Waals surface area contributed by atoms with E-state index in [0.29, 0.717) is 16.5 Å².